The van der Waals surface area contributed by atoms with E-state index in [1.165, 1.54) is 32.4 Å². The Labute approximate surface area is 245 Å². The number of amidine groups is 1. The summed E-state index contributed by atoms with van der Waals surface area (Å²) in [5.41, 5.74) is 0.858. The van der Waals surface area contributed by atoms with E-state index in [2.05, 4.69) is 47.2 Å². The van der Waals surface area contributed by atoms with Gasteiger partial charge in [0.2, 0.25) is 0 Å². The van der Waals surface area contributed by atoms with E-state index >= 15 is 0 Å². The van der Waals surface area contributed by atoms with Crippen molar-refractivity contribution in [3.8, 4) is 11.5 Å². The summed E-state index contributed by atoms with van der Waals surface area (Å²) < 4.78 is 11.9. The number of likely N-dealkylation sites (tertiary alicyclic amines) is 1. The minimum Gasteiger partial charge on any atom is -0.493 e. The normalized spacial score (nSPS) is 16.3. The summed E-state index contributed by atoms with van der Waals surface area (Å²) in [6.45, 7) is 14.9. The summed E-state index contributed by atoms with van der Waals surface area (Å²) >= 11 is 5.64. The van der Waals surface area contributed by atoms with Gasteiger partial charge in [-0.3, -0.25) is 4.99 Å². The van der Waals surface area contributed by atoms with Gasteiger partial charge in [-0.1, -0.05) is 20.3 Å². The van der Waals surface area contributed by atoms with Crippen molar-refractivity contribution >= 4 is 39.9 Å². The average Bonchev–Trinajstić information content (AvgIpc) is 3.02. The van der Waals surface area contributed by atoms with Gasteiger partial charge in [0.15, 0.2) is 16.6 Å². The minimum atomic E-state index is 0.600. The number of nitrogens with zero attached hydrogens (tertiary/aromatic N) is 6. The number of likely N-dealkylation sites (N-methyl/N-ethyl adjacent to an activating group) is 1. The van der Waals surface area contributed by atoms with E-state index < -0.39 is 0 Å². The molecule has 2 aliphatic rings. The van der Waals surface area contributed by atoms with Crippen LogP contribution in [-0.4, -0.2) is 110 Å². The molecule has 4 rings (SSSR count). The van der Waals surface area contributed by atoms with Crippen molar-refractivity contribution in [3.63, 3.8) is 0 Å². The topological polar surface area (TPSA) is 90.4 Å². The average molecular weight is 573 g/mol. The molecule has 40 heavy (non-hydrogen) atoms. The Balaban J connectivity index is 0.00000216. The molecule has 1 aromatic carbocycles. The van der Waals surface area contributed by atoms with Crippen LogP contribution in [0, 0.1) is 0 Å². The van der Waals surface area contributed by atoms with E-state index in [9.17, 15) is 0 Å². The molecule has 11 heteroatoms. The first kappa shape index (κ1) is 31.6. The minimum absolute atomic E-state index is 0.600. The molecule has 1 aromatic heterocycles. The van der Waals surface area contributed by atoms with Crippen LogP contribution in [0.15, 0.2) is 23.5 Å². The number of fused-ring (bicyclic) bond motifs is 1. The Hall–Kier alpha value is -2.92. The molecule has 3 heterocycles. The number of hydrogen-bond donors (Lipinski definition) is 2. The number of thiocarbonyl (C=S) groups is 1. The van der Waals surface area contributed by atoms with Gasteiger partial charge in [0.05, 0.1) is 25.8 Å². The van der Waals surface area contributed by atoms with Gasteiger partial charge in [0, 0.05) is 57.8 Å². The third-order valence-corrected chi connectivity index (χ3v) is 7.55. The second-order valence-corrected chi connectivity index (χ2v) is 10.0. The number of benzene rings is 1. The fourth-order valence-corrected chi connectivity index (χ4v) is 5.30. The molecule has 0 saturated carbocycles. The summed E-state index contributed by atoms with van der Waals surface area (Å²) in [5.74, 6) is 3.26. The SMILES string of the molecule is CC.CCNC(CNC(=S)N1CCN(c2ncnc3cc(OCCCN4CCCCC4)c(OC)cc23)CC1)=NC. The number of nitrogens with one attached hydrogen (secondary N) is 2. The number of anilines is 1. The van der Waals surface area contributed by atoms with Crippen molar-refractivity contribution in [2.75, 3.05) is 84.6 Å². The van der Waals surface area contributed by atoms with Crippen LogP contribution in [0.5, 0.6) is 11.5 Å². The van der Waals surface area contributed by atoms with Gasteiger partial charge in [-0.05, 0) is 57.6 Å². The number of piperidine rings is 1. The van der Waals surface area contributed by atoms with Crippen molar-refractivity contribution in [3.05, 3.63) is 18.5 Å². The van der Waals surface area contributed by atoms with Crippen molar-refractivity contribution in [1.82, 2.24) is 30.4 Å². The van der Waals surface area contributed by atoms with Crippen LogP contribution in [0.25, 0.3) is 10.9 Å². The monoisotopic (exact) mass is 572 g/mol. The second kappa shape index (κ2) is 17.0. The van der Waals surface area contributed by atoms with E-state index in [-0.39, 0.29) is 0 Å². The highest BCUT2D eigenvalue weighted by molar-refractivity contribution is 7.80. The second-order valence-electron chi connectivity index (χ2n) is 9.66. The third-order valence-electron chi connectivity index (χ3n) is 7.15. The number of piperazine rings is 1. The number of hydrogen-bond acceptors (Lipinski definition) is 8. The van der Waals surface area contributed by atoms with Gasteiger partial charge in [0.25, 0.3) is 0 Å². The van der Waals surface area contributed by atoms with Crippen molar-refractivity contribution in [1.29, 1.82) is 0 Å². The molecule has 0 unspecified atom stereocenters. The largest absolute Gasteiger partial charge is 0.493 e. The smallest absolute Gasteiger partial charge is 0.169 e. The molecule has 0 atom stereocenters. The highest BCUT2D eigenvalue weighted by Crippen LogP contribution is 2.35. The molecule has 2 aromatic rings. The van der Waals surface area contributed by atoms with Crippen LogP contribution in [0.4, 0.5) is 5.82 Å². The lowest BCUT2D eigenvalue weighted by atomic mass is 10.1. The fraction of sp³-hybridized carbons (Fsp3) is 0.655. The predicted octanol–water partition coefficient (Wildman–Crippen LogP) is 3.55. The molecular weight excluding hydrogens is 524 g/mol. The van der Waals surface area contributed by atoms with E-state index in [1.807, 2.05) is 26.0 Å². The summed E-state index contributed by atoms with van der Waals surface area (Å²) in [5, 5.41) is 8.28. The standard InChI is InChI=1S/C27H42N8O2S.C2H6/c1-4-29-25(28-2)19-30-27(38)35-14-12-34(13-15-35)26-21-17-23(36-3)24(18-22(21)31-20-32-26)37-16-8-11-33-9-6-5-7-10-33;1-2/h17-18,20H,4-16,19H2,1-3H3,(H,28,29)(H,30,38);1-2H3. The zero-order chi connectivity index (χ0) is 28.7. The number of ether oxygens (including phenoxy) is 2. The summed E-state index contributed by atoms with van der Waals surface area (Å²) in [4.78, 5) is 20.5. The quantitative estimate of drug-likeness (QED) is 0.191. The molecule has 0 amide bonds. The van der Waals surface area contributed by atoms with E-state index in [0.717, 1.165) is 79.1 Å². The first-order valence-electron chi connectivity index (χ1n) is 14.8. The highest BCUT2D eigenvalue weighted by atomic mass is 32.1. The van der Waals surface area contributed by atoms with Crippen LogP contribution in [0.1, 0.15) is 46.5 Å². The molecule has 222 valence electrons. The molecule has 2 fully saturated rings. The van der Waals surface area contributed by atoms with Crippen LogP contribution in [0.3, 0.4) is 0 Å². The maximum Gasteiger partial charge on any atom is 0.169 e. The van der Waals surface area contributed by atoms with E-state index in [0.29, 0.717) is 18.9 Å². The summed E-state index contributed by atoms with van der Waals surface area (Å²) in [6.07, 6.45) is 6.61. The first-order valence-corrected chi connectivity index (χ1v) is 15.2. The lowest BCUT2D eigenvalue weighted by Gasteiger charge is -2.37. The van der Waals surface area contributed by atoms with Crippen LogP contribution in [-0.2, 0) is 0 Å². The van der Waals surface area contributed by atoms with Gasteiger partial charge < -0.3 is 34.8 Å². The van der Waals surface area contributed by atoms with Crippen LogP contribution < -0.4 is 25.0 Å². The fourth-order valence-electron chi connectivity index (χ4n) is 5.05. The highest BCUT2D eigenvalue weighted by Gasteiger charge is 2.22. The predicted molar refractivity (Wildman–Crippen MR) is 169 cm³/mol. The lowest BCUT2D eigenvalue weighted by molar-refractivity contribution is 0.203. The Kier molecular flexibility index (Phi) is 13.4. The number of rotatable bonds is 10. The number of aromatic nitrogens is 2. The lowest BCUT2D eigenvalue weighted by Crippen LogP contribution is -2.53. The molecule has 0 bridgehead atoms. The number of aliphatic imine (C=N–C) groups is 1. The summed E-state index contributed by atoms with van der Waals surface area (Å²) in [6, 6.07) is 3.99. The van der Waals surface area contributed by atoms with E-state index in [4.69, 9.17) is 21.7 Å². The zero-order valence-corrected chi connectivity index (χ0v) is 25.9. The van der Waals surface area contributed by atoms with Crippen LogP contribution in [0.2, 0.25) is 0 Å². The van der Waals surface area contributed by atoms with Crippen molar-refractivity contribution in [2.24, 2.45) is 4.99 Å². The Bertz CT molecular complexity index is 1090. The van der Waals surface area contributed by atoms with Gasteiger partial charge in [-0.2, -0.15) is 0 Å². The molecule has 2 N–H and O–H groups in total. The Morgan fingerprint density at radius 2 is 1.75 bits per heavy atom. The first-order chi connectivity index (χ1) is 19.6. The third kappa shape index (κ3) is 8.79. The number of methoxy groups -OCH3 is 1. The molecular formula is C29H48N8O2S. The summed E-state index contributed by atoms with van der Waals surface area (Å²) in [7, 11) is 3.47. The maximum atomic E-state index is 6.15. The Morgan fingerprint density at radius 1 is 1.00 bits per heavy atom. The van der Waals surface area contributed by atoms with Gasteiger partial charge >= 0.3 is 0 Å². The molecule has 0 aliphatic carbocycles. The molecule has 10 nitrogen and oxygen atoms in total. The van der Waals surface area contributed by atoms with Crippen molar-refractivity contribution < 1.29 is 9.47 Å². The van der Waals surface area contributed by atoms with E-state index in [1.54, 1.807) is 20.5 Å². The maximum absolute atomic E-state index is 6.15. The van der Waals surface area contributed by atoms with Gasteiger partial charge in [-0.25, -0.2) is 9.97 Å². The molecule has 2 aliphatic heterocycles. The van der Waals surface area contributed by atoms with Gasteiger partial charge in [-0.15, -0.1) is 0 Å². The molecule has 0 radical (unpaired) electrons. The zero-order valence-electron chi connectivity index (χ0n) is 25.0. The Morgan fingerprint density at radius 3 is 2.42 bits per heavy atom. The molecule has 0 spiro atoms. The van der Waals surface area contributed by atoms with Crippen molar-refractivity contribution in [2.45, 2.75) is 46.5 Å². The molecule has 2 saturated heterocycles. The van der Waals surface area contributed by atoms with Gasteiger partial charge in [0.1, 0.15) is 18.0 Å². The van der Waals surface area contributed by atoms with Crippen LogP contribution >= 0.6 is 12.2 Å².